The molecule has 0 saturated heterocycles. The molecule has 0 aliphatic rings. The molecular formula is C10H16N4O3S. The van der Waals surface area contributed by atoms with E-state index in [0.717, 1.165) is 5.69 Å². The molecule has 1 aromatic rings. The number of nitrogens with one attached hydrogen (secondary N) is 3. The largest absolute Gasteiger partial charge is 0.480 e. The Balaban J connectivity index is 2.34. The smallest absolute Gasteiger partial charge is 0.326 e. The topological polar surface area (TPSA) is 107 Å². The SMILES string of the molecule is CSCCC(NC(=O)NCc1cnc[nH]1)C(=O)O. The number of rotatable bonds is 7. The van der Waals surface area contributed by atoms with E-state index < -0.39 is 18.0 Å². The monoisotopic (exact) mass is 272 g/mol. The van der Waals surface area contributed by atoms with Gasteiger partial charge < -0.3 is 20.7 Å². The van der Waals surface area contributed by atoms with E-state index in [1.54, 1.807) is 6.20 Å². The molecule has 1 aromatic heterocycles. The van der Waals surface area contributed by atoms with Crippen LogP contribution in [0.4, 0.5) is 4.79 Å². The van der Waals surface area contributed by atoms with Crippen LogP contribution in [0.2, 0.25) is 0 Å². The lowest BCUT2D eigenvalue weighted by atomic mass is 10.2. The summed E-state index contributed by atoms with van der Waals surface area (Å²) in [5.41, 5.74) is 0.751. The molecule has 4 N–H and O–H groups in total. The minimum Gasteiger partial charge on any atom is -0.480 e. The minimum absolute atomic E-state index is 0.278. The third kappa shape index (κ3) is 5.09. The number of carboxylic acids is 1. The summed E-state index contributed by atoms with van der Waals surface area (Å²) >= 11 is 1.54. The summed E-state index contributed by atoms with van der Waals surface area (Å²) in [6, 6.07) is -1.36. The summed E-state index contributed by atoms with van der Waals surface area (Å²) in [6.45, 7) is 0.278. The Morgan fingerprint density at radius 3 is 2.94 bits per heavy atom. The van der Waals surface area contributed by atoms with E-state index in [1.807, 2.05) is 6.26 Å². The van der Waals surface area contributed by atoms with Gasteiger partial charge in [0.15, 0.2) is 0 Å². The Morgan fingerprint density at radius 1 is 1.61 bits per heavy atom. The van der Waals surface area contributed by atoms with E-state index in [-0.39, 0.29) is 6.54 Å². The van der Waals surface area contributed by atoms with Gasteiger partial charge in [0, 0.05) is 6.20 Å². The van der Waals surface area contributed by atoms with Crippen molar-refractivity contribution < 1.29 is 14.7 Å². The number of H-pyrrole nitrogens is 1. The number of nitrogens with zero attached hydrogens (tertiary/aromatic N) is 1. The summed E-state index contributed by atoms with van der Waals surface area (Å²) in [7, 11) is 0. The number of hydrogen-bond donors (Lipinski definition) is 4. The highest BCUT2D eigenvalue weighted by atomic mass is 32.2. The quantitative estimate of drug-likeness (QED) is 0.575. The molecule has 0 spiro atoms. The van der Waals surface area contributed by atoms with Crippen LogP contribution in [0, 0.1) is 0 Å². The zero-order valence-corrected chi connectivity index (χ0v) is 10.8. The highest BCUT2D eigenvalue weighted by Gasteiger charge is 2.18. The Labute approximate surface area is 109 Å². The number of carbonyl (C=O) groups is 2. The molecular weight excluding hydrogens is 256 g/mol. The van der Waals surface area contributed by atoms with Crippen molar-refractivity contribution >= 4 is 23.8 Å². The highest BCUT2D eigenvalue weighted by Crippen LogP contribution is 2.01. The molecule has 1 atom stereocenters. The van der Waals surface area contributed by atoms with Crippen molar-refractivity contribution in [2.75, 3.05) is 12.0 Å². The van der Waals surface area contributed by atoms with Gasteiger partial charge in [0.2, 0.25) is 0 Å². The van der Waals surface area contributed by atoms with E-state index >= 15 is 0 Å². The number of carbonyl (C=O) groups excluding carboxylic acids is 1. The van der Waals surface area contributed by atoms with Crippen molar-refractivity contribution in [3.63, 3.8) is 0 Å². The fourth-order valence-corrected chi connectivity index (χ4v) is 1.73. The van der Waals surface area contributed by atoms with Crippen LogP contribution in [0.1, 0.15) is 12.1 Å². The predicted molar refractivity (Wildman–Crippen MR) is 68.4 cm³/mol. The Morgan fingerprint density at radius 2 is 2.39 bits per heavy atom. The summed E-state index contributed by atoms with van der Waals surface area (Å²) in [5.74, 6) is -0.349. The number of aliphatic carboxylic acids is 1. The Hall–Kier alpha value is -1.70. The molecule has 0 aliphatic carbocycles. The minimum atomic E-state index is -1.03. The first kappa shape index (κ1) is 14.4. The van der Waals surface area contributed by atoms with Crippen LogP contribution in [0.15, 0.2) is 12.5 Å². The highest BCUT2D eigenvalue weighted by molar-refractivity contribution is 7.98. The van der Waals surface area contributed by atoms with Gasteiger partial charge in [0.25, 0.3) is 0 Å². The Bertz CT molecular complexity index is 382. The number of hydrogen-bond acceptors (Lipinski definition) is 4. The molecule has 1 heterocycles. The zero-order valence-electron chi connectivity index (χ0n) is 9.97. The van der Waals surface area contributed by atoms with Crippen molar-refractivity contribution in [3.8, 4) is 0 Å². The van der Waals surface area contributed by atoms with E-state index in [1.165, 1.54) is 18.1 Å². The van der Waals surface area contributed by atoms with Gasteiger partial charge in [-0.1, -0.05) is 0 Å². The van der Waals surface area contributed by atoms with E-state index in [4.69, 9.17) is 5.11 Å². The fourth-order valence-electron chi connectivity index (χ4n) is 1.26. The van der Waals surface area contributed by atoms with Gasteiger partial charge >= 0.3 is 12.0 Å². The lowest BCUT2D eigenvalue weighted by molar-refractivity contribution is -0.139. The summed E-state index contributed by atoms with van der Waals surface area (Å²) in [5, 5.41) is 13.9. The van der Waals surface area contributed by atoms with Crippen molar-refractivity contribution in [1.82, 2.24) is 20.6 Å². The van der Waals surface area contributed by atoms with Gasteiger partial charge in [-0.05, 0) is 18.4 Å². The number of imidazole rings is 1. The van der Waals surface area contributed by atoms with Crippen LogP contribution in [0.25, 0.3) is 0 Å². The van der Waals surface area contributed by atoms with Gasteiger partial charge in [-0.15, -0.1) is 0 Å². The molecule has 2 amide bonds. The lowest BCUT2D eigenvalue weighted by Crippen LogP contribution is -2.46. The third-order valence-corrected chi connectivity index (χ3v) is 2.85. The van der Waals surface area contributed by atoms with E-state index in [9.17, 15) is 9.59 Å². The molecule has 7 nitrogen and oxygen atoms in total. The number of urea groups is 1. The molecule has 0 radical (unpaired) electrons. The maximum atomic E-state index is 11.5. The second-order valence-electron chi connectivity index (χ2n) is 3.58. The molecule has 0 fully saturated rings. The number of amides is 2. The predicted octanol–water partition coefficient (Wildman–Crippen LogP) is 0.415. The van der Waals surface area contributed by atoms with Crippen molar-refractivity contribution in [3.05, 3.63) is 18.2 Å². The number of carboxylic acid groups (broad SMARTS) is 1. The second-order valence-corrected chi connectivity index (χ2v) is 4.56. The second kappa shape index (κ2) is 7.59. The molecule has 1 rings (SSSR count). The first-order chi connectivity index (χ1) is 8.63. The molecule has 8 heteroatoms. The van der Waals surface area contributed by atoms with Gasteiger partial charge in [0.1, 0.15) is 6.04 Å². The number of thioether (sulfide) groups is 1. The van der Waals surface area contributed by atoms with Crippen LogP contribution in [-0.2, 0) is 11.3 Å². The summed E-state index contributed by atoms with van der Waals surface area (Å²) in [6.07, 6.45) is 5.38. The van der Waals surface area contributed by atoms with Crippen molar-refractivity contribution in [2.24, 2.45) is 0 Å². The summed E-state index contributed by atoms with van der Waals surface area (Å²) < 4.78 is 0. The molecule has 0 bridgehead atoms. The average molecular weight is 272 g/mol. The van der Waals surface area contributed by atoms with Crippen molar-refractivity contribution in [1.29, 1.82) is 0 Å². The molecule has 0 aliphatic heterocycles. The molecule has 100 valence electrons. The van der Waals surface area contributed by atoms with Gasteiger partial charge in [0.05, 0.1) is 18.6 Å². The molecule has 18 heavy (non-hydrogen) atoms. The van der Waals surface area contributed by atoms with Gasteiger partial charge in [-0.3, -0.25) is 0 Å². The molecule has 1 unspecified atom stereocenters. The average Bonchev–Trinajstić information content (AvgIpc) is 2.84. The maximum absolute atomic E-state index is 11.5. The molecule has 0 saturated carbocycles. The Kier molecular flexibility index (Phi) is 6.06. The number of aromatic amines is 1. The first-order valence-corrected chi connectivity index (χ1v) is 6.76. The maximum Gasteiger partial charge on any atom is 0.326 e. The van der Waals surface area contributed by atoms with Crippen LogP contribution < -0.4 is 10.6 Å². The standard InChI is InChI=1S/C10H16N4O3S/c1-18-3-2-8(9(15)16)14-10(17)12-5-7-4-11-6-13-7/h4,6,8H,2-3,5H2,1H3,(H,11,13)(H,15,16)(H2,12,14,17). The van der Waals surface area contributed by atoms with Crippen LogP contribution >= 0.6 is 11.8 Å². The third-order valence-electron chi connectivity index (χ3n) is 2.21. The zero-order chi connectivity index (χ0) is 13.4. The lowest BCUT2D eigenvalue weighted by Gasteiger charge is -2.14. The van der Waals surface area contributed by atoms with Crippen LogP contribution in [-0.4, -0.2) is 45.1 Å². The van der Waals surface area contributed by atoms with Gasteiger partial charge in [-0.2, -0.15) is 11.8 Å². The van der Waals surface area contributed by atoms with Crippen molar-refractivity contribution in [2.45, 2.75) is 19.0 Å². The van der Waals surface area contributed by atoms with Crippen LogP contribution in [0.5, 0.6) is 0 Å². The molecule has 0 aromatic carbocycles. The van der Waals surface area contributed by atoms with Crippen LogP contribution in [0.3, 0.4) is 0 Å². The normalized spacial score (nSPS) is 11.8. The van der Waals surface area contributed by atoms with E-state index in [2.05, 4.69) is 20.6 Å². The van der Waals surface area contributed by atoms with E-state index in [0.29, 0.717) is 12.2 Å². The van der Waals surface area contributed by atoms with Gasteiger partial charge in [-0.25, -0.2) is 14.6 Å². The first-order valence-electron chi connectivity index (χ1n) is 5.37. The number of aromatic nitrogens is 2. The fraction of sp³-hybridized carbons (Fsp3) is 0.500. The summed E-state index contributed by atoms with van der Waals surface area (Å²) in [4.78, 5) is 29.0.